The van der Waals surface area contributed by atoms with Crippen molar-refractivity contribution in [3.63, 3.8) is 0 Å². The number of rotatable bonds is 13. The molecule has 3 atom stereocenters. The average molecular weight is 1170 g/mol. The summed E-state index contributed by atoms with van der Waals surface area (Å²) in [6.45, 7) is 17.3. The molecule has 0 aliphatic carbocycles. The number of halogens is 1. The lowest BCUT2D eigenvalue weighted by Crippen LogP contribution is -2.41. The van der Waals surface area contributed by atoms with Crippen LogP contribution < -0.4 is 35.1 Å². The van der Waals surface area contributed by atoms with E-state index in [2.05, 4.69) is 15.4 Å². The highest BCUT2D eigenvalue weighted by atomic mass is 35.5. The molecule has 8 rings (SSSR count). The van der Waals surface area contributed by atoms with Gasteiger partial charge in [-0.1, -0.05) is 6.92 Å². The second kappa shape index (κ2) is 31.9. The lowest BCUT2D eigenvalue weighted by Gasteiger charge is -2.27. The van der Waals surface area contributed by atoms with Gasteiger partial charge in [0.1, 0.15) is 43.2 Å². The van der Waals surface area contributed by atoms with Crippen molar-refractivity contribution in [1.29, 1.82) is 0 Å². The lowest BCUT2D eigenvalue weighted by atomic mass is 10.1. The number of nitrogens with zero attached hydrogens (tertiary/aromatic N) is 5. The van der Waals surface area contributed by atoms with Gasteiger partial charge in [0.25, 0.3) is 17.7 Å². The fourth-order valence-corrected chi connectivity index (χ4v) is 8.07. The summed E-state index contributed by atoms with van der Waals surface area (Å²) in [7, 11) is 1.30. The molecule has 5 saturated heterocycles. The van der Waals surface area contributed by atoms with Gasteiger partial charge in [0.2, 0.25) is 0 Å². The molecule has 0 spiro atoms. The molecule has 446 valence electrons. The number of cyclic esters (lactones) is 2. The van der Waals surface area contributed by atoms with Crippen LogP contribution in [0.4, 0.5) is 53.3 Å². The molecule has 24 nitrogen and oxygen atoms in total. The summed E-state index contributed by atoms with van der Waals surface area (Å²) in [5.74, 6) is -0.394. The molecule has 5 aliphatic heterocycles. The number of ether oxygens (including phenoxy) is 8. The first-order valence-electron chi connectivity index (χ1n) is 26.2. The van der Waals surface area contributed by atoms with Crippen molar-refractivity contribution >= 4 is 107 Å². The minimum atomic E-state index is -0.728. The molecule has 5 aliphatic rings. The number of aliphatic hydroxyl groups is 1. The molecule has 3 aromatic carbocycles. The molecule has 5 fully saturated rings. The highest BCUT2D eigenvalue weighted by Crippen LogP contribution is 2.29. The van der Waals surface area contributed by atoms with Crippen LogP contribution in [0.25, 0.3) is 0 Å². The Labute approximate surface area is 483 Å². The number of anilines is 6. The summed E-state index contributed by atoms with van der Waals surface area (Å²) in [6.07, 6.45) is -1.53. The van der Waals surface area contributed by atoms with Crippen LogP contribution in [-0.2, 0) is 57.1 Å². The molecule has 5 heterocycles. The number of aliphatic hydroxyl groups excluding tert-OH is 1. The van der Waals surface area contributed by atoms with Crippen molar-refractivity contribution in [2.75, 3.05) is 122 Å². The third-order valence-corrected chi connectivity index (χ3v) is 12.2. The van der Waals surface area contributed by atoms with E-state index in [-0.39, 0.29) is 94.2 Å². The van der Waals surface area contributed by atoms with Crippen molar-refractivity contribution in [3.05, 3.63) is 72.8 Å². The number of nitrogens with one attached hydrogen (secondary N) is 2. The summed E-state index contributed by atoms with van der Waals surface area (Å²) in [6, 6.07) is 21.6. The Kier molecular flexibility index (Phi) is 26.3. The summed E-state index contributed by atoms with van der Waals surface area (Å²) in [5, 5.41) is 13.9. The first-order chi connectivity index (χ1) is 38.0. The van der Waals surface area contributed by atoms with Gasteiger partial charge in [-0.25, -0.2) is 19.2 Å². The quantitative estimate of drug-likeness (QED) is 0.0909. The normalized spacial score (nSPS) is 18.5. The first-order valence-corrected chi connectivity index (χ1v) is 26.7. The van der Waals surface area contributed by atoms with Crippen LogP contribution in [0.5, 0.6) is 0 Å². The molecule has 0 unspecified atom stereocenters. The standard InChI is InChI=1S/C20H26N2O6.C15H18N2O4.C12H14N2O4.C8H16ClNO3.H2S/c1-20(2,3)28-18(24)9-8-16-12-22(19(25)27-16)15-6-4-14(5-7-15)21-10-11-26-13-17(21)23;1-2-13-9-17(15(19)21-13)12-5-3-11(4-6-12)16-7-8-20-10-14(16)18;1-17-12(16)13-9-2-4-10(5-3-9)14-6-7-18-8-11(14)15;1-8(2,3)13-7(12)10-5-6(11)4-9;/h4-7,16H,8-13H2,1-3H3;3-6,13H,2,7-10H2,1H3;2-5H,6-8H2,1H3,(H,13,16);6,11H,4-5H2,1-3H3,(H,10,12);1H2/t16-;13-;;6-;/m00.1./s1. The van der Waals surface area contributed by atoms with Gasteiger partial charge in [0.05, 0.1) is 52.0 Å². The topological polar surface area (TPSA) is 271 Å². The molecule has 0 aromatic heterocycles. The lowest BCUT2D eigenvalue weighted by molar-refractivity contribution is -0.155. The van der Waals surface area contributed by atoms with Gasteiger partial charge >= 0.3 is 30.3 Å². The van der Waals surface area contributed by atoms with Crippen LogP contribution in [0.2, 0.25) is 0 Å². The smallest absolute Gasteiger partial charge is 0.414 e. The van der Waals surface area contributed by atoms with Gasteiger partial charge in [-0.05, 0) is 127 Å². The zero-order valence-electron chi connectivity index (χ0n) is 47.1. The molecule has 3 N–H and O–H groups in total. The van der Waals surface area contributed by atoms with Gasteiger partial charge in [-0.3, -0.25) is 34.3 Å². The molecule has 81 heavy (non-hydrogen) atoms. The Balaban J connectivity index is 0.000000240. The van der Waals surface area contributed by atoms with E-state index in [1.807, 2.05) is 52.0 Å². The van der Waals surface area contributed by atoms with Crippen molar-refractivity contribution in [3.8, 4) is 0 Å². The minimum Gasteiger partial charge on any atom is -0.460 e. The van der Waals surface area contributed by atoms with E-state index in [0.29, 0.717) is 70.3 Å². The van der Waals surface area contributed by atoms with Crippen molar-refractivity contribution < 1.29 is 81.4 Å². The summed E-state index contributed by atoms with van der Waals surface area (Å²) in [5.41, 5.74) is 3.44. The second-order valence-corrected chi connectivity index (χ2v) is 20.8. The molecule has 26 heteroatoms. The van der Waals surface area contributed by atoms with Gasteiger partial charge in [-0.15, -0.1) is 11.6 Å². The predicted octanol–water partition coefficient (Wildman–Crippen LogP) is 6.73. The van der Waals surface area contributed by atoms with E-state index in [1.165, 1.54) is 12.0 Å². The van der Waals surface area contributed by atoms with E-state index in [9.17, 15) is 38.4 Å². The van der Waals surface area contributed by atoms with Gasteiger partial charge in [0, 0.05) is 66.7 Å². The fourth-order valence-electron chi connectivity index (χ4n) is 7.96. The molecule has 0 bridgehead atoms. The monoisotopic (exact) mass is 1170 g/mol. The number of esters is 1. The van der Waals surface area contributed by atoms with Gasteiger partial charge < -0.3 is 63.0 Å². The first kappa shape index (κ1) is 66.6. The van der Waals surface area contributed by atoms with Crippen molar-refractivity contribution in [2.45, 2.75) is 97.2 Å². The van der Waals surface area contributed by atoms with E-state index < -0.39 is 35.6 Å². The van der Waals surface area contributed by atoms with Crippen LogP contribution in [0.3, 0.4) is 0 Å². The SMILES string of the molecule is CC(C)(C)OC(=O)CC[C@H]1CN(c2ccc(N3CCOCC3=O)cc2)C(=O)O1.CC(C)(C)OC(=O)NC[C@H](O)CCl.CC[C@H]1CN(c2ccc(N3CCOCC3=O)cc2)C(=O)O1.COC(=O)Nc1ccc(N2CCOCC2=O)cc1.S. The Morgan fingerprint density at radius 1 is 0.617 bits per heavy atom. The summed E-state index contributed by atoms with van der Waals surface area (Å²) in [4.78, 5) is 101. The minimum absolute atomic E-state index is 0. The van der Waals surface area contributed by atoms with Crippen LogP contribution in [0.15, 0.2) is 72.8 Å². The van der Waals surface area contributed by atoms with Gasteiger partial charge in [0.15, 0.2) is 0 Å². The number of methoxy groups -OCH3 is 1. The van der Waals surface area contributed by atoms with Gasteiger partial charge in [-0.2, -0.15) is 13.5 Å². The van der Waals surface area contributed by atoms with Crippen molar-refractivity contribution in [2.24, 2.45) is 0 Å². The molecular weight excluding hydrogens is 1100 g/mol. The number of benzene rings is 3. The number of carbonyl (C=O) groups is 8. The Morgan fingerprint density at radius 2 is 1.00 bits per heavy atom. The molecule has 0 saturated carbocycles. The van der Waals surface area contributed by atoms with Crippen molar-refractivity contribution in [1.82, 2.24) is 5.32 Å². The number of hydrogen-bond donors (Lipinski definition) is 3. The van der Waals surface area contributed by atoms with Crippen LogP contribution >= 0.6 is 25.1 Å². The molecule has 3 aromatic rings. The Hall–Kier alpha value is -6.90. The molecule has 0 radical (unpaired) electrons. The maximum absolute atomic E-state index is 12.2. The number of amides is 7. The van der Waals surface area contributed by atoms with E-state index >= 15 is 0 Å². The maximum Gasteiger partial charge on any atom is 0.414 e. The summed E-state index contributed by atoms with van der Waals surface area (Å²) < 4.78 is 40.6. The zero-order chi connectivity index (χ0) is 58.6. The number of carbonyl (C=O) groups excluding carboxylic acids is 8. The zero-order valence-corrected chi connectivity index (χ0v) is 48.8. The van der Waals surface area contributed by atoms with Crippen LogP contribution in [0, 0.1) is 0 Å². The molecular formula is C55H76ClN7O17S. The molecule has 7 amide bonds. The average Bonchev–Trinajstić information content (AvgIpc) is 4.03. The van der Waals surface area contributed by atoms with Crippen LogP contribution in [-0.4, -0.2) is 175 Å². The summed E-state index contributed by atoms with van der Waals surface area (Å²) >= 11 is 5.33. The van der Waals surface area contributed by atoms with E-state index in [0.717, 1.165) is 29.2 Å². The number of hydrogen-bond acceptors (Lipinski definition) is 17. The number of morpholine rings is 3. The fraction of sp³-hybridized carbons (Fsp3) is 0.527. The number of alkyl carbamates (subject to hydrolysis) is 1. The van der Waals surface area contributed by atoms with Crippen LogP contribution in [0.1, 0.15) is 67.7 Å². The third kappa shape index (κ3) is 21.8. The Bertz CT molecular complexity index is 2570. The second-order valence-electron chi connectivity index (χ2n) is 20.4. The number of alkyl halides is 1. The largest absolute Gasteiger partial charge is 0.460 e. The maximum atomic E-state index is 12.2. The highest BCUT2D eigenvalue weighted by Gasteiger charge is 2.34. The third-order valence-electron chi connectivity index (χ3n) is 11.9. The van der Waals surface area contributed by atoms with E-state index in [4.69, 9.17) is 49.9 Å². The predicted molar refractivity (Wildman–Crippen MR) is 307 cm³/mol. The van der Waals surface area contributed by atoms with E-state index in [1.54, 1.807) is 88.9 Å². The highest BCUT2D eigenvalue weighted by molar-refractivity contribution is 7.59. The Morgan fingerprint density at radius 3 is 1.36 bits per heavy atom.